The van der Waals surface area contributed by atoms with Crippen LogP contribution in [0.15, 0.2) is 6.07 Å². The van der Waals surface area contributed by atoms with E-state index < -0.39 is 34.5 Å². The fourth-order valence-corrected chi connectivity index (χ4v) is 1.85. The maximum Gasteiger partial charge on any atom is 0.412 e. The third-order valence-electron chi connectivity index (χ3n) is 3.03. The van der Waals surface area contributed by atoms with Crippen molar-refractivity contribution in [2.45, 2.75) is 19.9 Å². The van der Waals surface area contributed by atoms with Gasteiger partial charge in [0.1, 0.15) is 17.5 Å². The van der Waals surface area contributed by atoms with E-state index in [1.54, 1.807) is 6.92 Å². The summed E-state index contributed by atoms with van der Waals surface area (Å²) in [4.78, 5) is 42.5. The van der Waals surface area contributed by atoms with Crippen LogP contribution in [0.4, 0.5) is 27.8 Å². The molecule has 0 saturated carbocycles. The number of ether oxygens (including phenoxy) is 1. The number of nitrogen functional groups attached to an aromatic ring is 1. The number of rotatable bonds is 7. The van der Waals surface area contributed by atoms with Gasteiger partial charge in [-0.05, 0) is 13.8 Å². The number of likely N-dealkylation sites (N-methyl/N-ethyl adjacent to an activating group) is 1. The van der Waals surface area contributed by atoms with Crippen LogP contribution in [0.3, 0.4) is 0 Å². The molecule has 12 nitrogen and oxygen atoms in total. The van der Waals surface area contributed by atoms with Crippen LogP contribution < -0.4 is 16.4 Å². The van der Waals surface area contributed by atoms with Crippen molar-refractivity contribution >= 4 is 35.0 Å². The van der Waals surface area contributed by atoms with E-state index in [1.165, 1.54) is 27.1 Å². The van der Waals surface area contributed by atoms with Gasteiger partial charge in [0.2, 0.25) is 5.82 Å². The molecule has 0 radical (unpaired) electrons. The number of nitrogens with zero attached hydrogens (tertiary/aromatic N) is 3. The molecule has 0 spiro atoms. The van der Waals surface area contributed by atoms with Crippen molar-refractivity contribution in [1.29, 1.82) is 0 Å². The zero-order valence-electron chi connectivity index (χ0n) is 14.2. The number of anilines is 3. The van der Waals surface area contributed by atoms with Gasteiger partial charge >= 0.3 is 11.8 Å². The lowest BCUT2D eigenvalue weighted by Gasteiger charge is -2.20. The minimum atomic E-state index is -0.874. The van der Waals surface area contributed by atoms with Gasteiger partial charge in [-0.25, -0.2) is 14.8 Å². The van der Waals surface area contributed by atoms with E-state index in [9.17, 15) is 19.7 Å². The van der Waals surface area contributed by atoms with E-state index in [4.69, 9.17) is 15.3 Å². The fraction of sp³-hybridized carbons (Fsp3) is 0.462. The number of nitrogens with two attached hydrogens (primary N) is 1. The number of carbonyl (C=O) groups excluding carboxylic acids is 2. The highest BCUT2D eigenvalue weighted by Crippen LogP contribution is 2.32. The maximum atomic E-state index is 12.0. The van der Waals surface area contributed by atoms with Crippen LogP contribution in [0.1, 0.15) is 13.8 Å². The number of amides is 2. The van der Waals surface area contributed by atoms with Gasteiger partial charge in [0.15, 0.2) is 0 Å². The van der Waals surface area contributed by atoms with E-state index in [0.717, 1.165) is 5.06 Å². The summed E-state index contributed by atoms with van der Waals surface area (Å²) in [5, 5.41) is 17.2. The van der Waals surface area contributed by atoms with Crippen molar-refractivity contribution in [3.63, 3.8) is 0 Å². The van der Waals surface area contributed by atoms with E-state index in [1.807, 2.05) is 0 Å². The summed E-state index contributed by atoms with van der Waals surface area (Å²) in [5.74, 6) is -0.975. The lowest BCUT2D eigenvalue weighted by atomic mass is 10.2. The van der Waals surface area contributed by atoms with Crippen LogP contribution in [0.25, 0.3) is 0 Å². The summed E-state index contributed by atoms with van der Waals surface area (Å²) in [5.41, 5.74) is 5.00. The van der Waals surface area contributed by atoms with E-state index in [2.05, 4.69) is 15.6 Å². The van der Waals surface area contributed by atoms with Gasteiger partial charge < -0.3 is 15.8 Å². The Morgan fingerprint density at radius 3 is 2.68 bits per heavy atom. The van der Waals surface area contributed by atoms with Crippen molar-refractivity contribution in [2.75, 3.05) is 37.1 Å². The molecule has 1 atom stereocenters. The Balaban J connectivity index is 3.17. The summed E-state index contributed by atoms with van der Waals surface area (Å²) in [6, 6.07) is 0.308. The number of hydroxylamine groups is 2. The van der Waals surface area contributed by atoms with E-state index in [-0.39, 0.29) is 18.1 Å². The third-order valence-corrected chi connectivity index (χ3v) is 3.03. The molecule has 0 saturated heterocycles. The molecule has 0 bridgehead atoms. The molecule has 1 rings (SSSR count). The highest BCUT2D eigenvalue weighted by molar-refractivity contribution is 5.88. The first kappa shape index (κ1) is 19.9. The molecular weight excluding hydrogens is 336 g/mol. The Hall–Kier alpha value is -3.15. The van der Waals surface area contributed by atoms with Crippen LogP contribution in [-0.4, -0.2) is 53.8 Å². The molecule has 1 heterocycles. The lowest BCUT2D eigenvalue weighted by molar-refractivity contribution is -0.383. The summed E-state index contributed by atoms with van der Waals surface area (Å²) < 4.78 is 4.71. The SMILES string of the molecule is CCOC(=O)Nc1cc(N[C@@H](C)C(=O)N(C)OC)c([N+](=O)[O-])c(N)n1. The summed E-state index contributed by atoms with van der Waals surface area (Å²) >= 11 is 0. The van der Waals surface area contributed by atoms with Crippen molar-refractivity contribution in [3.05, 3.63) is 16.2 Å². The molecule has 0 aliphatic carbocycles. The Labute approximate surface area is 143 Å². The standard InChI is InChI=1S/C13H20N6O6/c1-5-25-13(21)17-9-6-8(10(19(22)23)11(14)16-9)15-7(2)12(20)18(3)24-4/h6-7H,5H2,1-4H3,(H4,14,15,16,17,21)/t7-/m0/s1. The second kappa shape index (κ2) is 8.63. The molecule has 2 amide bonds. The number of nitrogens with one attached hydrogen (secondary N) is 2. The number of hydrogen-bond acceptors (Lipinski definition) is 9. The molecule has 1 aromatic heterocycles. The van der Waals surface area contributed by atoms with Gasteiger partial charge in [0, 0.05) is 13.1 Å². The molecule has 138 valence electrons. The molecule has 4 N–H and O–H groups in total. The molecule has 1 aromatic rings. The minimum absolute atomic E-state index is 0.0659. The number of carbonyl (C=O) groups is 2. The van der Waals surface area contributed by atoms with E-state index >= 15 is 0 Å². The predicted molar refractivity (Wildman–Crippen MR) is 88.8 cm³/mol. The highest BCUT2D eigenvalue weighted by Gasteiger charge is 2.26. The van der Waals surface area contributed by atoms with Crippen molar-refractivity contribution < 1.29 is 24.1 Å². The largest absolute Gasteiger partial charge is 0.450 e. The quantitative estimate of drug-likeness (QED) is 0.477. The van der Waals surface area contributed by atoms with E-state index in [0.29, 0.717) is 0 Å². The second-order valence-corrected chi connectivity index (χ2v) is 4.78. The average Bonchev–Trinajstić information content (AvgIpc) is 2.52. The first-order chi connectivity index (χ1) is 11.7. The molecule has 0 fully saturated rings. The van der Waals surface area contributed by atoms with Crippen LogP contribution >= 0.6 is 0 Å². The topological polar surface area (TPSA) is 162 Å². The first-order valence-corrected chi connectivity index (χ1v) is 7.18. The fourth-order valence-electron chi connectivity index (χ4n) is 1.85. The Bertz CT molecular complexity index is 667. The molecule has 25 heavy (non-hydrogen) atoms. The van der Waals surface area contributed by atoms with Gasteiger partial charge in [-0.3, -0.25) is 25.1 Å². The summed E-state index contributed by atoms with van der Waals surface area (Å²) in [6.07, 6.45) is -0.794. The van der Waals surface area contributed by atoms with Crippen LogP contribution in [0.5, 0.6) is 0 Å². The van der Waals surface area contributed by atoms with Gasteiger partial charge in [-0.2, -0.15) is 0 Å². The number of nitro groups is 1. The minimum Gasteiger partial charge on any atom is -0.450 e. The maximum absolute atomic E-state index is 12.0. The molecular formula is C13H20N6O6. The lowest BCUT2D eigenvalue weighted by Crippen LogP contribution is -2.38. The molecule has 12 heteroatoms. The smallest absolute Gasteiger partial charge is 0.412 e. The Morgan fingerprint density at radius 1 is 1.52 bits per heavy atom. The highest BCUT2D eigenvalue weighted by atomic mass is 16.7. The zero-order chi connectivity index (χ0) is 19.1. The summed E-state index contributed by atoms with van der Waals surface area (Å²) in [6.45, 7) is 3.23. The Morgan fingerprint density at radius 2 is 2.16 bits per heavy atom. The number of aromatic nitrogens is 1. The summed E-state index contributed by atoms with van der Waals surface area (Å²) in [7, 11) is 2.70. The predicted octanol–water partition coefficient (Wildman–Crippen LogP) is 0.961. The molecule has 0 aliphatic heterocycles. The number of pyridine rings is 1. The zero-order valence-corrected chi connectivity index (χ0v) is 14.2. The van der Waals surface area contributed by atoms with Gasteiger partial charge in [-0.15, -0.1) is 0 Å². The first-order valence-electron chi connectivity index (χ1n) is 7.18. The van der Waals surface area contributed by atoms with Crippen molar-refractivity contribution in [2.24, 2.45) is 0 Å². The third kappa shape index (κ3) is 5.17. The molecule has 0 unspecified atom stereocenters. The second-order valence-electron chi connectivity index (χ2n) is 4.78. The van der Waals surface area contributed by atoms with Crippen LogP contribution in [0, 0.1) is 10.1 Å². The van der Waals surface area contributed by atoms with Crippen LogP contribution in [0.2, 0.25) is 0 Å². The van der Waals surface area contributed by atoms with Crippen LogP contribution in [-0.2, 0) is 14.4 Å². The van der Waals surface area contributed by atoms with Crippen molar-refractivity contribution in [3.8, 4) is 0 Å². The monoisotopic (exact) mass is 356 g/mol. The number of hydrogen-bond donors (Lipinski definition) is 3. The van der Waals surface area contributed by atoms with Gasteiger partial charge in [0.25, 0.3) is 5.91 Å². The van der Waals surface area contributed by atoms with Crippen molar-refractivity contribution in [1.82, 2.24) is 10.0 Å². The Kier molecular flexibility index (Phi) is 6.87. The normalized spacial score (nSPS) is 11.4. The molecule has 0 aromatic carbocycles. The average molecular weight is 356 g/mol. The van der Waals surface area contributed by atoms with Gasteiger partial charge in [-0.1, -0.05) is 0 Å². The molecule has 0 aliphatic rings. The van der Waals surface area contributed by atoms with Gasteiger partial charge in [0.05, 0.1) is 18.6 Å².